The van der Waals surface area contributed by atoms with E-state index in [1.54, 1.807) is 21.1 Å². The number of esters is 1. The van der Waals surface area contributed by atoms with Crippen LogP contribution in [0.25, 0.3) is 11.3 Å². The Hall–Kier alpha value is -2.50. The van der Waals surface area contributed by atoms with E-state index >= 15 is 0 Å². The predicted octanol–water partition coefficient (Wildman–Crippen LogP) is 2.17. The van der Waals surface area contributed by atoms with Gasteiger partial charge in [0.15, 0.2) is 11.5 Å². The van der Waals surface area contributed by atoms with Crippen molar-refractivity contribution in [1.82, 2.24) is 10.2 Å². The molecule has 6 heteroatoms. The summed E-state index contributed by atoms with van der Waals surface area (Å²) in [4.78, 5) is 11.9. The van der Waals surface area contributed by atoms with Crippen LogP contribution in [0.4, 0.5) is 0 Å². The van der Waals surface area contributed by atoms with Crippen LogP contribution in [0.5, 0.6) is 11.5 Å². The van der Waals surface area contributed by atoms with Gasteiger partial charge in [0.25, 0.3) is 0 Å². The fraction of sp³-hybridized carbons (Fsp3) is 0.333. The fourth-order valence-corrected chi connectivity index (χ4v) is 2.61. The Morgan fingerprint density at radius 2 is 2.00 bits per heavy atom. The van der Waals surface area contributed by atoms with Crippen molar-refractivity contribution < 1.29 is 19.0 Å². The lowest BCUT2D eigenvalue weighted by Crippen LogP contribution is -2.07. The minimum Gasteiger partial charge on any atom is -0.493 e. The molecule has 0 spiro atoms. The summed E-state index contributed by atoms with van der Waals surface area (Å²) in [5, 5.41) is 7.02. The third-order valence-corrected chi connectivity index (χ3v) is 3.58. The van der Waals surface area contributed by atoms with Gasteiger partial charge < -0.3 is 14.2 Å². The fourth-order valence-electron chi connectivity index (χ4n) is 2.61. The van der Waals surface area contributed by atoms with Crippen LogP contribution in [-0.2, 0) is 11.2 Å². The van der Waals surface area contributed by atoms with Gasteiger partial charge in [-0.05, 0) is 24.6 Å². The Morgan fingerprint density at radius 3 is 2.67 bits per heavy atom. The molecule has 0 fully saturated rings. The van der Waals surface area contributed by atoms with Crippen LogP contribution in [0.3, 0.4) is 0 Å². The number of carbonyl (C=O) groups excluding carboxylic acids is 1. The molecule has 1 aromatic heterocycles. The first kappa shape index (κ1) is 13.5. The van der Waals surface area contributed by atoms with Gasteiger partial charge >= 0.3 is 5.97 Å². The van der Waals surface area contributed by atoms with Gasteiger partial charge in [-0.1, -0.05) is 0 Å². The van der Waals surface area contributed by atoms with Crippen molar-refractivity contribution in [2.45, 2.75) is 13.3 Å². The van der Waals surface area contributed by atoms with E-state index in [9.17, 15) is 4.79 Å². The highest BCUT2D eigenvalue weighted by Gasteiger charge is 2.29. The molecule has 0 atom stereocenters. The van der Waals surface area contributed by atoms with Gasteiger partial charge in [0.2, 0.25) is 0 Å². The minimum absolute atomic E-state index is 0.335. The second-order valence-electron chi connectivity index (χ2n) is 4.69. The van der Waals surface area contributed by atoms with E-state index < -0.39 is 0 Å². The van der Waals surface area contributed by atoms with Gasteiger partial charge in [-0.25, -0.2) is 4.79 Å². The summed E-state index contributed by atoms with van der Waals surface area (Å²) in [6.07, 6.45) is 0.621. The molecule has 110 valence electrons. The molecule has 6 nitrogen and oxygen atoms in total. The molecule has 0 radical (unpaired) electrons. The number of fused-ring (bicyclic) bond motifs is 3. The molecule has 1 aliphatic carbocycles. The highest BCUT2D eigenvalue weighted by molar-refractivity contribution is 5.93. The predicted molar refractivity (Wildman–Crippen MR) is 75.9 cm³/mol. The summed E-state index contributed by atoms with van der Waals surface area (Å²) in [6, 6.07) is 3.81. The van der Waals surface area contributed by atoms with E-state index in [1.807, 2.05) is 12.1 Å². The average molecular weight is 288 g/mol. The van der Waals surface area contributed by atoms with E-state index in [1.165, 1.54) is 0 Å². The van der Waals surface area contributed by atoms with Crippen LogP contribution < -0.4 is 9.47 Å². The molecular formula is C15H16N2O4. The summed E-state index contributed by atoms with van der Waals surface area (Å²) in [6.45, 7) is 2.11. The zero-order valence-corrected chi connectivity index (χ0v) is 12.1. The standard InChI is InChI=1S/C15H16N2O4/c1-4-21-15(18)14-10-5-8-6-11(19-2)12(20-3)7-9(8)13(10)16-17-14/h6-7H,4-5H2,1-3H3,(H,16,17). The van der Waals surface area contributed by atoms with Crippen LogP contribution in [0.1, 0.15) is 28.5 Å². The zero-order valence-electron chi connectivity index (χ0n) is 12.1. The second-order valence-corrected chi connectivity index (χ2v) is 4.69. The lowest BCUT2D eigenvalue weighted by atomic mass is 10.1. The van der Waals surface area contributed by atoms with Gasteiger partial charge in [0.05, 0.1) is 26.5 Å². The summed E-state index contributed by atoms with van der Waals surface area (Å²) in [5.41, 5.74) is 4.06. The number of hydrogen-bond donors (Lipinski definition) is 1. The number of aromatic nitrogens is 2. The second kappa shape index (κ2) is 5.12. The molecule has 0 aliphatic heterocycles. The molecule has 1 N–H and O–H groups in total. The molecule has 1 aromatic carbocycles. The average Bonchev–Trinajstić information content (AvgIpc) is 3.04. The van der Waals surface area contributed by atoms with Gasteiger partial charge in [-0.2, -0.15) is 5.10 Å². The van der Waals surface area contributed by atoms with Crippen molar-refractivity contribution in [3.63, 3.8) is 0 Å². The lowest BCUT2D eigenvalue weighted by molar-refractivity contribution is 0.0518. The Morgan fingerprint density at radius 1 is 1.29 bits per heavy atom. The number of aromatic amines is 1. The summed E-state index contributed by atoms with van der Waals surface area (Å²) in [7, 11) is 3.19. The van der Waals surface area contributed by atoms with Crippen molar-refractivity contribution >= 4 is 5.97 Å². The van der Waals surface area contributed by atoms with Crippen molar-refractivity contribution in [2.24, 2.45) is 0 Å². The number of ether oxygens (including phenoxy) is 3. The number of hydrogen-bond acceptors (Lipinski definition) is 5. The van der Waals surface area contributed by atoms with Gasteiger partial charge in [-0.15, -0.1) is 0 Å². The normalized spacial score (nSPS) is 11.8. The Labute approximate surface area is 122 Å². The molecule has 0 amide bonds. The monoisotopic (exact) mass is 288 g/mol. The van der Waals surface area contributed by atoms with Crippen LogP contribution >= 0.6 is 0 Å². The Kier molecular flexibility index (Phi) is 3.29. The maximum Gasteiger partial charge on any atom is 0.356 e. The topological polar surface area (TPSA) is 73.4 Å². The Bertz CT molecular complexity index is 706. The molecular weight excluding hydrogens is 272 g/mol. The first-order valence-corrected chi connectivity index (χ1v) is 6.69. The van der Waals surface area contributed by atoms with E-state index in [4.69, 9.17) is 14.2 Å². The molecule has 1 aliphatic rings. The molecule has 1 heterocycles. The third-order valence-electron chi connectivity index (χ3n) is 3.58. The number of rotatable bonds is 4. The van der Waals surface area contributed by atoms with Crippen LogP contribution in [-0.4, -0.2) is 37.0 Å². The summed E-state index contributed by atoms with van der Waals surface area (Å²) >= 11 is 0. The smallest absolute Gasteiger partial charge is 0.356 e. The van der Waals surface area contributed by atoms with E-state index in [2.05, 4.69) is 10.2 Å². The Balaban J connectivity index is 2.06. The summed E-state index contributed by atoms with van der Waals surface area (Å²) in [5.74, 6) is 0.936. The highest BCUT2D eigenvalue weighted by Crippen LogP contribution is 2.42. The first-order chi connectivity index (χ1) is 10.2. The highest BCUT2D eigenvalue weighted by atomic mass is 16.5. The number of benzene rings is 1. The maximum atomic E-state index is 11.9. The molecule has 3 rings (SSSR count). The SMILES string of the molecule is CCOC(=O)c1[nH]nc2c1Cc1cc(OC)c(OC)cc1-2. The third kappa shape index (κ3) is 2.03. The van der Waals surface area contributed by atoms with Crippen molar-refractivity contribution in [1.29, 1.82) is 0 Å². The van der Waals surface area contributed by atoms with Crippen LogP contribution in [0.15, 0.2) is 12.1 Å². The number of methoxy groups -OCH3 is 2. The number of carbonyl (C=O) groups is 1. The minimum atomic E-state index is -0.377. The largest absolute Gasteiger partial charge is 0.493 e. The molecule has 0 unspecified atom stereocenters. The van der Waals surface area contributed by atoms with Gasteiger partial charge in [-0.3, -0.25) is 5.10 Å². The number of H-pyrrole nitrogens is 1. The van der Waals surface area contributed by atoms with Crippen LogP contribution in [0.2, 0.25) is 0 Å². The van der Waals surface area contributed by atoms with Gasteiger partial charge in [0, 0.05) is 17.5 Å². The lowest BCUT2D eigenvalue weighted by Gasteiger charge is -2.09. The maximum absolute atomic E-state index is 11.9. The van der Waals surface area contributed by atoms with Crippen molar-refractivity contribution in [2.75, 3.05) is 20.8 Å². The first-order valence-electron chi connectivity index (χ1n) is 6.69. The van der Waals surface area contributed by atoms with Gasteiger partial charge in [0.1, 0.15) is 5.69 Å². The number of nitrogens with zero attached hydrogens (tertiary/aromatic N) is 1. The van der Waals surface area contributed by atoms with Crippen molar-refractivity contribution in [3.8, 4) is 22.8 Å². The molecule has 0 saturated heterocycles. The van der Waals surface area contributed by atoms with E-state index in [0.717, 1.165) is 22.4 Å². The quantitative estimate of drug-likeness (QED) is 0.745. The van der Waals surface area contributed by atoms with E-state index in [-0.39, 0.29) is 5.97 Å². The molecule has 0 saturated carbocycles. The number of nitrogens with one attached hydrogen (secondary N) is 1. The molecule has 0 bridgehead atoms. The molecule has 2 aromatic rings. The summed E-state index contributed by atoms with van der Waals surface area (Å²) < 4.78 is 15.7. The molecule has 21 heavy (non-hydrogen) atoms. The zero-order chi connectivity index (χ0) is 15.0. The van der Waals surface area contributed by atoms with Crippen LogP contribution in [0, 0.1) is 0 Å². The van der Waals surface area contributed by atoms with Crippen molar-refractivity contribution in [3.05, 3.63) is 29.0 Å². The van der Waals surface area contributed by atoms with E-state index in [0.29, 0.717) is 30.2 Å².